The third-order valence-electron chi connectivity index (χ3n) is 3.79. The van der Waals surface area contributed by atoms with Crippen molar-refractivity contribution in [3.8, 4) is 6.07 Å². The summed E-state index contributed by atoms with van der Waals surface area (Å²) < 4.78 is 27.2. The minimum absolute atomic E-state index is 0.0266. The van der Waals surface area contributed by atoms with Crippen molar-refractivity contribution in [3.63, 3.8) is 0 Å². The van der Waals surface area contributed by atoms with Crippen LogP contribution < -0.4 is 4.72 Å². The average molecular weight is 324 g/mol. The summed E-state index contributed by atoms with van der Waals surface area (Å²) in [5, 5.41) is 9.41. The fourth-order valence-corrected chi connectivity index (χ4v) is 4.81. The Labute approximate surface area is 131 Å². The van der Waals surface area contributed by atoms with Gasteiger partial charge in [0.25, 0.3) is 0 Å². The van der Waals surface area contributed by atoms with Crippen LogP contribution >= 0.6 is 11.8 Å². The van der Waals surface area contributed by atoms with Gasteiger partial charge in [0.05, 0.1) is 17.4 Å². The van der Waals surface area contributed by atoms with E-state index in [-0.39, 0.29) is 11.8 Å². The number of nitriles is 1. The molecular formula is C15H20N2O2S2. The maximum Gasteiger partial charge on any atom is 0.216 e. The summed E-state index contributed by atoms with van der Waals surface area (Å²) in [5.41, 5.74) is 1.25. The SMILES string of the molecule is CSC1CCC(NS(=O)(=O)Cc2ccc(C#N)cc2)CC1. The Bertz CT molecular complexity index is 598. The van der Waals surface area contributed by atoms with E-state index in [1.54, 1.807) is 24.3 Å². The minimum atomic E-state index is -3.32. The maximum atomic E-state index is 12.2. The number of sulfonamides is 1. The molecule has 1 aromatic rings. The van der Waals surface area contributed by atoms with Gasteiger partial charge in [0.15, 0.2) is 0 Å². The Balaban J connectivity index is 1.91. The highest BCUT2D eigenvalue weighted by atomic mass is 32.2. The second-order valence-corrected chi connectivity index (χ2v) is 8.29. The van der Waals surface area contributed by atoms with E-state index in [0.29, 0.717) is 16.4 Å². The van der Waals surface area contributed by atoms with Crippen molar-refractivity contribution < 1.29 is 8.42 Å². The molecule has 1 aromatic carbocycles. The van der Waals surface area contributed by atoms with Gasteiger partial charge in [0.1, 0.15) is 0 Å². The normalized spacial score (nSPS) is 22.7. The number of hydrogen-bond donors (Lipinski definition) is 1. The topological polar surface area (TPSA) is 70.0 Å². The number of rotatable bonds is 5. The third kappa shape index (κ3) is 5.03. The molecule has 0 unspecified atom stereocenters. The molecule has 114 valence electrons. The Morgan fingerprint density at radius 1 is 1.24 bits per heavy atom. The van der Waals surface area contributed by atoms with Gasteiger partial charge in [-0.05, 0) is 49.6 Å². The summed E-state index contributed by atoms with van der Waals surface area (Å²) in [6.07, 6.45) is 6.09. The van der Waals surface area contributed by atoms with Gasteiger partial charge in [-0.25, -0.2) is 13.1 Å². The lowest BCUT2D eigenvalue weighted by atomic mass is 9.96. The summed E-state index contributed by atoms with van der Waals surface area (Å²) in [4.78, 5) is 0. The van der Waals surface area contributed by atoms with Crippen LogP contribution in [-0.2, 0) is 15.8 Å². The molecule has 1 N–H and O–H groups in total. The van der Waals surface area contributed by atoms with E-state index in [9.17, 15) is 8.42 Å². The zero-order valence-corrected chi connectivity index (χ0v) is 13.7. The molecule has 0 spiro atoms. The number of benzene rings is 1. The van der Waals surface area contributed by atoms with E-state index in [2.05, 4.69) is 11.0 Å². The summed E-state index contributed by atoms with van der Waals surface area (Å²) >= 11 is 1.87. The average Bonchev–Trinajstić information content (AvgIpc) is 2.48. The molecule has 0 aliphatic heterocycles. The van der Waals surface area contributed by atoms with E-state index in [4.69, 9.17) is 5.26 Å². The molecule has 2 rings (SSSR count). The number of thioether (sulfide) groups is 1. The van der Waals surface area contributed by atoms with Crippen molar-refractivity contribution in [3.05, 3.63) is 35.4 Å². The molecule has 1 aliphatic carbocycles. The second kappa shape index (κ2) is 7.30. The quantitative estimate of drug-likeness (QED) is 0.904. The van der Waals surface area contributed by atoms with E-state index in [1.807, 2.05) is 17.8 Å². The van der Waals surface area contributed by atoms with Crippen LogP contribution in [-0.4, -0.2) is 26.0 Å². The summed E-state index contributed by atoms with van der Waals surface area (Å²) in [7, 11) is -3.32. The highest BCUT2D eigenvalue weighted by molar-refractivity contribution is 7.99. The number of nitrogens with one attached hydrogen (secondary N) is 1. The fourth-order valence-electron chi connectivity index (χ4n) is 2.61. The molecule has 1 saturated carbocycles. The first kappa shape index (κ1) is 16.3. The first-order valence-electron chi connectivity index (χ1n) is 7.04. The maximum absolute atomic E-state index is 12.2. The largest absolute Gasteiger partial charge is 0.216 e. The van der Waals surface area contributed by atoms with Crippen molar-refractivity contribution in [1.29, 1.82) is 5.26 Å². The molecule has 0 bridgehead atoms. The predicted octanol–water partition coefficient (Wildman–Crippen LogP) is 2.65. The van der Waals surface area contributed by atoms with E-state index < -0.39 is 10.0 Å². The van der Waals surface area contributed by atoms with Crippen molar-refractivity contribution in [1.82, 2.24) is 4.72 Å². The van der Waals surface area contributed by atoms with Gasteiger partial charge in [-0.3, -0.25) is 0 Å². The minimum Gasteiger partial charge on any atom is -0.212 e. The molecular weight excluding hydrogens is 304 g/mol. The van der Waals surface area contributed by atoms with Gasteiger partial charge >= 0.3 is 0 Å². The van der Waals surface area contributed by atoms with Crippen LogP contribution in [0, 0.1) is 11.3 Å². The summed E-state index contributed by atoms with van der Waals surface area (Å²) in [6.45, 7) is 0. The van der Waals surface area contributed by atoms with Gasteiger partial charge in [0, 0.05) is 11.3 Å². The molecule has 1 aliphatic rings. The first-order chi connectivity index (χ1) is 10.0. The monoisotopic (exact) mass is 324 g/mol. The molecule has 0 saturated heterocycles. The van der Waals surface area contributed by atoms with Crippen LogP contribution in [0.25, 0.3) is 0 Å². The molecule has 0 heterocycles. The zero-order valence-electron chi connectivity index (χ0n) is 12.1. The predicted molar refractivity (Wildman–Crippen MR) is 86.5 cm³/mol. The standard InChI is InChI=1S/C15H20N2O2S2/c1-20-15-8-6-14(7-9-15)17-21(18,19)11-13-4-2-12(10-16)3-5-13/h2-5,14-15,17H,6-9,11H2,1H3. The highest BCUT2D eigenvalue weighted by Gasteiger charge is 2.24. The van der Waals surface area contributed by atoms with Crippen LogP contribution in [0.15, 0.2) is 24.3 Å². The van der Waals surface area contributed by atoms with Gasteiger partial charge in [-0.1, -0.05) is 12.1 Å². The highest BCUT2D eigenvalue weighted by Crippen LogP contribution is 2.27. The second-order valence-electron chi connectivity index (χ2n) is 5.39. The van der Waals surface area contributed by atoms with E-state index in [0.717, 1.165) is 25.7 Å². The van der Waals surface area contributed by atoms with Crippen LogP contribution in [0.4, 0.5) is 0 Å². The third-order valence-corrected chi connectivity index (χ3v) is 6.34. The molecule has 21 heavy (non-hydrogen) atoms. The van der Waals surface area contributed by atoms with Gasteiger partial charge in [-0.15, -0.1) is 0 Å². The molecule has 4 nitrogen and oxygen atoms in total. The smallest absolute Gasteiger partial charge is 0.212 e. The van der Waals surface area contributed by atoms with Gasteiger partial charge in [-0.2, -0.15) is 17.0 Å². The summed E-state index contributed by atoms with van der Waals surface area (Å²) in [5.74, 6) is -0.0266. The molecule has 1 fully saturated rings. The summed E-state index contributed by atoms with van der Waals surface area (Å²) in [6, 6.07) is 8.78. The van der Waals surface area contributed by atoms with Crippen LogP contribution in [0.1, 0.15) is 36.8 Å². The van der Waals surface area contributed by atoms with Crippen LogP contribution in [0.3, 0.4) is 0 Å². The number of nitrogens with zero attached hydrogens (tertiary/aromatic N) is 1. The van der Waals surface area contributed by atoms with Gasteiger partial charge < -0.3 is 0 Å². The Morgan fingerprint density at radius 3 is 2.38 bits per heavy atom. The molecule has 6 heteroatoms. The molecule has 0 atom stereocenters. The lowest BCUT2D eigenvalue weighted by molar-refractivity contribution is 0.420. The van der Waals surface area contributed by atoms with Crippen LogP contribution in [0.5, 0.6) is 0 Å². The Kier molecular flexibility index (Phi) is 5.68. The van der Waals surface area contributed by atoms with E-state index >= 15 is 0 Å². The molecule has 0 radical (unpaired) electrons. The van der Waals surface area contributed by atoms with Crippen molar-refractivity contribution in [2.24, 2.45) is 0 Å². The Morgan fingerprint density at radius 2 is 1.86 bits per heavy atom. The first-order valence-corrected chi connectivity index (χ1v) is 9.98. The van der Waals surface area contributed by atoms with Gasteiger partial charge in [0.2, 0.25) is 10.0 Å². The molecule has 0 aromatic heterocycles. The number of hydrogen-bond acceptors (Lipinski definition) is 4. The Hall–Kier alpha value is -1.03. The lowest BCUT2D eigenvalue weighted by Crippen LogP contribution is -2.38. The van der Waals surface area contributed by atoms with Crippen molar-refractivity contribution >= 4 is 21.8 Å². The van der Waals surface area contributed by atoms with Crippen LogP contribution in [0.2, 0.25) is 0 Å². The van der Waals surface area contributed by atoms with Crippen molar-refractivity contribution in [2.75, 3.05) is 6.26 Å². The fraction of sp³-hybridized carbons (Fsp3) is 0.533. The molecule has 0 amide bonds. The lowest BCUT2D eigenvalue weighted by Gasteiger charge is -2.27. The van der Waals surface area contributed by atoms with Crippen molar-refractivity contribution in [2.45, 2.75) is 42.7 Å². The zero-order chi connectivity index (χ0) is 15.3. The van der Waals surface area contributed by atoms with E-state index in [1.165, 1.54) is 0 Å².